The minimum absolute atomic E-state index is 0.222. The van der Waals surface area contributed by atoms with Crippen LogP contribution in [0.5, 0.6) is 0 Å². The molecule has 0 aromatic heterocycles. The van der Waals surface area contributed by atoms with Gasteiger partial charge in [-0.3, -0.25) is 4.79 Å². The summed E-state index contributed by atoms with van der Waals surface area (Å²) in [5, 5.41) is 2.74. The van der Waals surface area contributed by atoms with Crippen LogP contribution in [0.1, 0.15) is 32.6 Å². The molecule has 0 aromatic rings. The number of amides is 1. The molecule has 0 atom stereocenters. The van der Waals surface area contributed by atoms with Gasteiger partial charge in [0.1, 0.15) is 0 Å². The second-order valence-electron chi connectivity index (χ2n) is 4.08. The average Bonchev–Trinajstić information content (AvgIpc) is 2.26. The molecule has 0 unspecified atom stereocenters. The average molecular weight is 198 g/mol. The standard InChI is InChI=1S/C11H22N2O/c1-3-4-7-13-8-5-10(6-9-13)11(14)12-2/h10H,3-9H2,1-2H3,(H,12,14). The van der Waals surface area contributed by atoms with Gasteiger partial charge < -0.3 is 10.2 Å². The van der Waals surface area contributed by atoms with Crippen molar-refractivity contribution < 1.29 is 4.79 Å². The Balaban J connectivity index is 2.20. The van der Waals surface area contributed by atoms with Crippen LogP contribution in [0.4, 0.5) is 0 Å². The Hall–Kier alpha value is -0.570. The van der Waals surface area contributed by atoms with Crippen molar-refractivity contribution in [2.45, 2.75) is 32.6 Å². The number of rotatable bonds is 4. The maximum atomic E-state index is 11.4. The predicted octanol–water partition coefficient (Wildman–Crippen LogP) is 1.24. The van der Waals surface area contributed by atoms with Gasteiger partial charge in [-0.2, -0.15) is 0 Å². The molecule has 0 spiro atoms. The molecule has 1 aliphatic heterocycles. The lowest BCUT2D eigenvalue weighted by atomic mass is 9.96. The Morgan fingerprint density at radius 3 is 2.57 bits per heavy atom. The molecular weight excluding hydrogens is 176 g/mol. The lowest BCUT2D eigenvalue weighted by molar-refractivity contribution is -0.125. The summed E-state index contributed by atoms with van der Waals surface area (Å²) in [5.41, 5.74) is 0. The Bertz CT molecular complexity index is 174. The smallest absolute Gasteiger partial charge is 0.222 e. The Morgan fingerprint density at radius 1 is 1.43 bits per heavy atom. The number of nitrogens with zero attached hydrogens (tertiary/aromatic N) is 1. The van der Waals surface area contributed by atoms with E-state index in [0.29, 0.717) is 0 Å². The van der Waals surface area contributed by atoms with Crippen molar-refractivity contribution >= 4 is 5.91 Å². The van der Waals surface area contributed by atoms with Gasteiger partial charge in [0.2, 0.25) is 5.91 Å². The van der Waals surface area contributed by atoms with E-state index in [4.69, 9.17) is 0 Å². The van der Waals surface area contributed by atoms with Gasteiger partial charge >= 0.3 is 0 Å². The summed E-state index contributed by atoms with van der Waals surface area (Å²) in [5.74, 6) is 0.484. The van der Waals surface area contributed by atoms with Gasteiger partial charge in [0, 0.05) is 13.0 Å². The molecule has 82 valence electrons. The highest BCUT2D eigenvalue weighted by Crippen LogP contribution is 2.17. The van der Waals surface area contributed by atoms with Crippen LogP contribution < -0.4 is 5.32 Å². The highest BCUT2D eigenvalue weighted by molar-refractivity contribution is 5.78. The normalized spacial score (nSPS) is 19.6. The fourth-order valence-electron chi connectivity index (χ4n) is 2.00. The summed E-state index contributed by atoms with van der Waals surface area (Å²) in [6, 6.07) is 0. The summed E-state index contributed by atoms with van der Waals surface area (Å²) >= 11 is 0. The number of hydrogen-bond donors (Lipinski definition) is 1. The SMILES string of the molecule is CCCCN1CCC(C(=O)NC)CC1. The number of carbonyl (C=O) groups is 1. The van der Waals surface area contributed by atoms with E-state index in [-0.39, 0.29) is 11.8 Å². The first kappa shape index (κ1) is 11.5. The molecule has 0 radical (unpaired) electrons. The van der Waals surface area contributed by atoms with Crippen molar-refractivity contribution in [1.82, 2.24) is 10.2 Å². The van der Waals surface area contributed by atoms with Crippen LogP contribution in [0.2, 0.25) is 0 Å². The summed E-state index contributed by atoms with van der Waals surface area (Å²) < 4.78 is 0. The number of hydrogen-bond acceptors (Lipinski definition) is 2. The molecule has 0 aliphatic carbocycles. The molecule has 1 heterocycles. The van der Waals surface area contributed by atoms with Crippen LogP contribution >= 0.6 is 0 Å². The third-order valence-corrected chi connectivity index (χ3v) is 3.03. The van der Waals surface area contributed by atoms with Crippen molar-refractivity contribution in [3.05, 3.63) is 0 Å². The summed E-state index contributed by atoms with van der Waals surface area (Å²) in [4.78, 5) is 13.8. The zero-order valence-electron chi connectivity index (χ0n) is 9.38. The third-order valence-electron chi connectivity index (χ3n) is 3.03. The molecule has 3 nitrogen and oxygen atoms in total. The zero-order chi connectivity index (χ0) is 10.4. The first-order chi connectivity index (χ1) is 6.77. The van der Waals surface area contributed by atoms with E-state index < -0.39 is 0 Å². The predicted molar refractivity (Wildman–Crippen MR) is 58.1 cm³/mol. The number of piperidine rings is 1. The molecule has 1 saturated heterocycles. The summed E-state index contributed by atoms with van der Waals surface area (Å²) in [7, 11) is 1.73. The van der Waals surface area contributed by atoms with Gasteiger partial charge in [-0.15, -0.1) is 0 Å². The number of unbranched alkanes of at least 4 members (excludes halogenated alkanes) is 1. The largest absolute Gasteiger partial charge is 0.359 e. The van der Waals surface area contributed by atoms with E-state index in [0.717, 1.165) is 25.9 Å². The van der Waals surface area contributed by atoms with Crippen molar-refractivity contribution in [3.8, 4) is 0 Å². The highest BCUT2D eigenvalue weighted by Gasteiger charge is 2.23. The van der Waals surface area contributed by atoms with Gasteiger partial charge in [0.25, 0.3) is 0 Å². The van der Waals surface area contributed by atoms with Gasteiger partial charge in [-0.05, 0) is 38.9 Å². The minimum Gasteiger partial charge on any atom is -0.359 e. The summed E-state index contributed by atoms with van der Waals surface area (Å²) in [6.07, 6.45) is 4.60. The van der Waals surface area contributed by atoms with Gasteiger partial charge in [-0.1, -0.05) is 13.3 Å². The van der Waals surface area contributed by atoms with Crippen LogP contribution in [0.3, 0.4) is 0 Å². The van der Waals surface area contributed by atoms with E-state index in [9.17, 15) is 4.79 Å². The van der Waals surface area contributed by atoms with Crippen LogP contribution in [0, 0.1) is 5.92 Å². The van der Waals surface area contributed by atoms with Crippen LogP contribution in [0.15, 0.2) is 0 Å². The molecule has 1 fully saturated rings. The molecule has 3 heteroatoms. The molecule has 1 amide bonds. The van der Waals surface area contributed by atoms with Gasteiger partial charge in [0.05, 0.1) is 0 Å². The molecule has 1 aliphatic rings. The first-order valence-corrected chi connectivity index (χ1v) is 5.72. The second kappa shape index (κ2) is 6.02. The quantitative estimate of drug-likeness (QED) is 0.737. The topological polar surface area (TPSA) is 32.3 Å². The second-order valence-corrected chi connectivity index (χ2v) is 4.08. The zero-order valence-corrected chi connectivity index (χ0v) is 9.38. The van der Waals surface area contributed by atoms with Crippen LogP contribution in [-0.4, -0.2) is 37.5 Å². The monoisotopic (exact) mass is 198 g/mol. The van der Waals surface area contributed by atoms with E-state index in [1.807, 2.05) is 0 Å². The first-order valence-electron chi connectivity index (χ1n) is 5.72. The van der Waals surface area contributed by atoms with Crippen molar-refractivity contribution in [2.75, 3.05) is 26.7 Å². The molecular formula is C11H22N2O. The lowest BCUT2D eigenvalue weighted by Gasteiger charge is -2.30. The molecule has 0 saturated carbocycles. The number of likely N-dealkylation sites (tertiary alicyclic amines) is 1. The van der Waals surface area contributed by atoms with Crippen LogP contribution in [-0.2, 0) is 4.79 Å². The van der Waals surface area contributed by atoms with E-state index in [2.05, 4.69) is 17.1 Å². The fraction of sp³-hybridized carbons (Fsp3) is 0.909. The molecule has 1 rings (SSSR count). The van der Waals surface area contributed by atoms with Crippen molar-refractivity contribution in [3.63, 3.8) is 0 Å². The van der Waals surface area contributed by atoms with Crippen LogP contribution in [0.25, 0.3) is 0 Å². The van der Waals surface area contributed by atoms with Gasteiger partial charge in [-0.25, -0.2) is 0 Å². The lowest BCUT2D eigenvalue weighted by Crippen LogP contribution is -2.39. The third kappa shape index (κ3) is 3.29. The molecule has 0 bridgehead atoms. The maximum absolute atomic E-state index is 11.4. The molecule has 1 N–H and O–H groups in total. The Labute approximate surface area is 86.9 Å². The summed E-state index contributed by atoms with van der Waals surface area (Å²) in [6.45, 7) is 5.62. The van der Waals surface area contributed by atoms with Crippen molar-refractivity contribution in [1.29, 1.82) is 0 Å². The fourth-order valence-corrected chi connectivity index (χ4v) is 2.00. The Morgan fingerprint density at radius 2 is 2.07 bits per heavy atom. The van der Waals surface area contributed by atoms with E-state index >= 15 is 0 Å². The molecule has 14 heavy (non-hydrogen) atoms. The highest BCUT2D eigenvalue weighted by atomic mass is 16.1. The maximum Gasteiger partial charge on any atom is 0.222 e. The van der Waals surface area contributed by atoms with Crippen molar-refractivity contribution in [2.24, 2.45) is 5.92 Å². The van der Waals surface area contributed by atoms with E-state index in [1.54, 1.807) is 7.05 Å². The minimum atomic E-state index is 0.222. The number of nitrogens with one attached hydrogen (secondary N) is 1. The van der Waals surface area contributed by atoms with Gasteiger partial charge in [0.15, 0.2) is 0 Å². The molecule has 0 aromatic carbocycles. The Kier molecular flexibility index (Phi) is 4.94. The van der Waals surface area contributed by atoms with E-state index in [1.165, 1.54) is 19.4 Å². The number of carbonyl (C=O) groups excluding carboxylic acids is 1.